The quantitative estimate of drug-likeness (QED) is 0.911. The fourth-order valence-corrected chi connectivity index (χ4v) is 2.68. The maximum absolute atomic E-state index is 12.3. The SMILES string of the molecule is CC1(C(=O)O)CCCCN1C(=O)CCc1ccncc1. The van der Waals surface area contributed by atoms with E-state index >= 15 is 0 Å². The van der Waals surface area contributed by atoms with Gasteiger partial charge in [0.1, 0.15) is 5.54 Å². The van der Waals surface area contributed by atoms with Crippen LogP contribution in [0.4, 0.5) is 0 Å². The summed E-state index contributed by atoms with van der Waals surface area (Å²) < 4.78 is 0. The van der Waals surface area contributed by atoms with Crippen LogP contribution in [0.2, 0.25) is 0 Å². The van der Waals surface area contributed by atoms with Crippen LogP contribution in [0.15, 0.2) is 24.5 Å². The number of aromatic nitrogens is 1. The molecule has 1 saturated heterocycles. The number of rotatable bonds is 4. The summed E-state index contributed by atoms with van der Waals surface area (Å²) in [4.78, 5) is 29.3. The minimum absolute atomic E-state index is 0.0774. The van der Waals surface area contributed by atoms with Gasteiger partial charge >= 0.3 is 5.97 Å². The van der Waals surface area contributed by atoms with Crippen LogP contribution in [0.3, 0.4) is 0 Å². The van der Waals surface area contributed by atoms with Gasteiger partial charge in [0.05, 0.1) is 0 Å². The summed E-state index contributed by atoms with van der Waals surface area (Å²) in [5.41, 5.74) is -0.00416. The molecular weight excluding hydrogens is 256 g/mol. The first-order chi connectivity index (χ1) is 9.54. The number of carbonyl (C=O) groups is 2. The molecule has 1 amide bonds. The van der Waals surface area contributed by atoms with Crippen LogP contribution in [-0.4, -0.2) is 39.0 Å². The zero-order chi connectivity index (χ0) is 14.6. The number of carboxylic acids is 1. The smallest absolute Gasteiger partial charge is 0.329 e. The molecule has 0 saturated carbocycles. The maximum Gasteiger partial charge on any atom is 0.329 e. The van der Waals surface area contributed by atoms with Gasteiger partial charge in [-0.15, -0.1) is 0 Å². The molecule has 0 aromatic carbocycles. The van der Waals surface area contributed by atoms with Gasteiger partial charge in [0, 0.05) is 25.4 Å². The Kier molecular flexibility index (Phi) is 4.37. The van der Waals surface area contributed by atoms with Crippen LogP contribution >= 0.6 is 0 Å². The molecular formula is C15H20N2O3. The summed E-state index contributed by atoms with van der Waals surface area (Å²) >= 11 is 0. The number of hydrogen-bond donors (Lipinski definition) is 1. The van der Waals surface area contributed by atoms with Crippen molar-refractivity contribution in [2.45, 2.75) is 44.6 Å². The van der Waals surface area contributed by atoms with E-state index in [0.29, 0.717) is 25.8 Å². The summed E-state index contributed by atoms with van der Waals surface area (Å²) in [6, 6.07) is 3.75. The number of nitrogens with zero attached hydrogens (tertiary/aromatic N) is 2. The second kappa shape index (κ2) is 6.03. The summed E-state index contributed by atoms with van der Waals surface area (Å²) in [5.74, 6) is -0.985. The van der Waals surface area contributed by atoms with Crippen LogP contribution in [0.5, 0.6) is 0 Å². The molecule has 20 heavy (non-hydrogen) atoms. The molecule has 0 bridgehead atoms. The second-order valence-electron chi connectivity index (χ2n) is 5.44. The molecule has 1 unspecified atom stereocenters. The Hall–Kier alpha value is -1.91. The Morgan fingerprint density at radius 3 is 2.70 bits per heavy atom. The third-order valence-electron chi connectivity index (χ3n) is 4.03. The Morgan fingerprint density at radius 2 is 2.05 bits per heavy atom. The van der Waals surface area contributed by atoms with Gasteiger partial charge in [-0.3, -0.25) is 9.78 Å². The highest BCUT2D eigenvalue weighted by atomic mass is 16.4. The number of likely N-dealkylation sites (tertiary alicyclic amines) is 1. The van der Waals surface area contributed by atoms with Crippen LogP contribution in [0.1, 0.15) is 38.2 Å². The predicted molar refractivity (Wildman–Crippen MR) is 74.2 cm³/mol. The molecule has 5 heteroatoms. The van der Waals surface area contributed by atoms with Crippen molar-refractivity contribution in [2.75, 3.05) is 6.54 Å². The number of aliphatic carboxylic acids is 1. The summed E-state index contributed by atoms with van der Waals surface area (Å²) in [6.07, 6.45) is 6.62. The van der Waals surface area contributed by atoms with Crippen LogP contribution in [0, 0.1) is 0 Å². The molecule has 0 aliphatic carbocycles. The number of aryl methyl sites for hydroxylation is 1. The number of piperidine rings is 1. The van der Waals surface area contributed by atoms with Gasteiger partial charge in [-0.25, -0.2) is 4.79 Å². The van der Waals surface area contributed by atoms with Gasteiger partial charge in [-0.2, -0.15) is 0 Å². The Labute approximate surface area is 118 Å². The molecule has 2 heterocycles. The van der Waals surface area contributed by atoms with Crippen molar-refractivity contribution < 1.29 is 14.7 Å². The monoisotopic (exact) mass is 276 g/mol. The van der Waals surface area contributed by atoms with Crippen molar-refractivity contribution in [3.8, 4) is 0 Å². The van der Waals surface area contributed by atoms with E-state index in [1.807, 2.05) is 12.1 Å². The van der Waals surface area contributed by atoms with Crippen molar-refractivity contribution in [1.82, 2.24) is 9.88 Å². The van der Waals surface area contributed by atoms with Crippen molar-refractivity contribution in [3.05, 3.63) is 30.1 Å². The van der Waals surface area contributed by atoms with Gasteiger partial charge in [-0.05, 0) is 50.3 Å². The highest BCUT2D eigenvalue weighted by Gasteiger charge is 2.43. The first-order valence-corrected chi connectivity index (χ1v) is 6.97. The van der Waals surface area contributed by atoms with E-state index in [1.165, 1.54) is 0 Å². The Balaban J connectivity index is 2.02. The molecule has 108 valence electrons. The van der Waals surface area contributed by atoms with E-state index in [9.17, 15) is 14.7 Å². The van der Waals surface area contributed by atoms with Gasteiger partial charge in [0.25, 0.3) is 0 Å². The summed E-state index contributed by atoms with van der Waals surface area (Å²) in [5, 5.41) is 9.40. The third-order valence-corrected chi connectivity index (χ3v) is 4.03. The average Bonchev–Trinajstić information content (AvgIpc) is 2.46. The van der Waals surface area contributed by atoms with Gasteiger partial charge in [-0.1, -0.05) is 0 Å². The summed E-state index contributed by atoms with van der Waals surface area (Å²) in [7, 11) is 0. The lowest BCUT2D eigenvalue weighted by Crippen LogP contribution is -2.57. The largest absolute Gasteiger partial charge is 0.480 e. The third kappa shape index (κ3) is 2.98. The molecule has 1 aromatic rings. The van der Waals surface area contributed by atoms with E-state index in [2.05, 4.69) is 4.98 Å². The predicted octanol–water partition coefficient (Wildman–Crippen LogP) is 1.87. The highest BCUT2D eigenvalue weighted by Crippen LogP contribution is 2.29. The van der Waals surface area contributed by atoms with Crippen LogP contribution in [-0.2, 0) is 16.0 Å². The molecule has 0 radical (unpaired) electrons. The normalized spacial score (nSPS) is 22.6. The van der Waals surface area contributed by atoms with Gasteiger partial charge < -0.3 is 10.0 Å². The average molecular weight is 276 g/mol. The molecule has 5 nitrogen and oxygen atoms in total. The van der Waals surface area contributed by atoms with E-state index in [1.54, 1.807) is 24.2 Å². The lowest BCUT2D eigenvalue weighted by molar-refractivity contribution is -0.160. The molecule has 1 atom stereocenters. The standard InChI is InChI=1S/C15H20N2O3/c1-15(14(19)20)8-2-3-11-17(15)13(18)5-4-12-6-9-16-10-7-12/h6-7,9-10H,2-5,8,11H2,1H3,(H,19,20). The number of hydrogen-bond acceptors (Lipinski definition) is 3. The van der Waals surface area contributed by atoms with Crippen molar-refractivity contribution >= 4 is 11.9 Å². The Bertz CT molecular complexity index is 489. The molecule has 1 aliphatic heterocycles. The van der Waals surface area contributed by atoms with E-state index in [4.69, 9.17) is 0 Å². The lowest BCUT2D eigenvalue weighted by Gasteiger charge is -2.41. The maximum atomic E-state index is 12.3. The molecule has 1 aliphatic rings. The fraction of sp³-hybridized carbons (Fsp3) is 0.533. The van der Waals surface area contributed by atoms with Crippen molar-refractivity contribution in [3.63, 3.8) is 0 Å². The minimum Gasteiger partial charge on any atom is -0.480 e. The number of amides is 1. The topological polar surface area (TPSA) is 70.5 Å². The summed E-state index contributed by atoms with van der Waals surface area (Å²) in [6.45, 7) is 2.19. The van der Waals surface area contributed by atoms with Gasteiger partial charge in [0.2, 0.25) is 5.91 Å². The van der Waals surface area contributed by atoms with E-state index in [0.717, 1.165) is 18.4 Å². The van der Waals surface area contributed by atoms with Gasteiger partial charge in [0.15, 0.2) is 0 Å². The van der Waals surface area contributed by atoms with E-state index in [-0.39, 0.29) is 5.91 Å². The first kappa shape index (κ1) is 14.5. The second-order valence-corrected chi connectivity index (χ2v) is 5.44. The van der Waals surface area contributed by atoms with Crippen molar-refractivity contribution in [1.29, 1.82) is 0 Å². The highest BCUT2D eigenvalue weighted by molar-refractivity contribution is 5.87. The molecule has 2 rings (SSSR count). The molecule has 1 fully saturated rings. The lowest BCUT2D eigenvalue weighted by atomic mass is 9.88. The first-order valence-electron chi connectivity index (χ1n) is 6.97. The Morgan fingerprint density at radius 1 is 1.35 bits per heavy atom. The van der Waals surface area contributed by atoms with Crippen LogP contribution in [0.25, 0.3) is 0 Å². The number of carbonyl (C=O) groups excluding carboxylic acids is 1. The van der Waals surface area contributed by atoms with Crippen molar-refractivity contribution in [2.24, 2.45) is 0 Å². The van der Waals surface area contributed by atoms with Crippen LogP contribution < -0.4 is 0 Å². The number of pyridine rings is 1. The zero-order valence-corrected chi connectivity index (χ0v) is 11.7. The minimum atomic E-state index is -1.05. The zero-order valence-electron chi connectivity index (χ0n) is 11.7. The number of carboxylic acid groups (broad SMARTS) is 1. The fourth-order valence-electron chi connectivity index (χ4n) is 2.68. The van der Waals surface area contributed by atoms with E-state index < -0.39 is 11.5 Å². The molecule has 1 N–H and O–H groups in total. The molecule has 1 aromatic heterocycles. The molecule has 0 spiro atoms.